The van der Waals surface area contributed by atoms with E-state index in [4.69, 9.17) is 41.2 Å². The highest BCUT2D eigenvalue weighted by atomic mass is 32.1. The van der Waals surface area contributed by atoms with Crippen molar-refractivity contribution in [3.8, 4) is 44.5 Å². The van der Waals surface area contributed by atoms with Crippen LogP contribution in [-0.4, -0.2) is 55.0 Å². The second kappa shape index (κ2) is 34.6. The number of anilines is 9. The average molecular weight is 1790 g/mol. The van der Waals surface area contributed by atoms with E-state index in [2.05, 4.69) is 444 Å². The SMILES string of the molecule is CC1(C)OB(c2ccc(-c3cc(N(c4ccccc4)c4ccc(-c5ccccc5)cc4)cc4c3oc3ccccc34)cc2)OC1(C)C.CC1(C)OB(c2ccc(-c3cc(N(c4ccccc4)c4ccc5sc6ccccc6c5c4)cc4c3oc3ccccc34)cc2)OC1(C)C.CC1(C)OB(c2cccc(-c3cc(N(c4ccccc4)c4ccccc4)cc4c3oc3ccccc34)c2)OC1(C)C. The summed E-state index contributed by atoms with van der Waals surface area (Å²) in [6, 6.07) is 141. The van der Waals surface area contributed by atoms with E-state index in [1.54, 1.807) is 0 Å². The normalized spacial score (nSPS) is 15.6. The zero-order valence-electron chi connectivity index (χ0n) is 78.3. The van der Waals surface area contributed by atoms with Crippen LogP contribution in [-0.2, 0) is 27.9 Å². The number of furan rings is 3. The fourth-order valence-corrected chi connectivity index (χ4v) is 19.9. The first-order chi connectivity index (χ1) is 65.8. The van der Waals surface area contributed by atoms with Gasteiger partial charge in [0.2, 0.25) is 0 Å². The van der Waals surface area contributed by atoms with Gasteiger partial charge in [-0.2, -0.15) is 0 Å². The molecule has 17 aromatic carbocycles. The molecule has 0 unspecified atom stereocenters. The Balaban J connectivity index is 0.000000119. The Morgan fingerprint density at radius 2 is 0.471 bits per heavy atom. The summed E-state index contributed by atoms with van der Waals surface area (Å²) in [4.78, 5) is 6.97. The molecular formula is C120H102B3N3O9S. The molecule has 21 aromatic rings. The molecule has 24 rings (SSSR count). The van der Waals surface area contributed by atoms with Crippen molar-refractivity contribution in [2.45, 2.75) is 117 Å². The highest BCUT2D eigenvalue weighted by Crippen LogP contribution is 2.51. The smallest absolute Gasteiger partial charge is 0.455 e. The Morgan fingerprint density at radius 3 is 0.860 bits per heavy atom. The molecule has 136 heavy (non-hydrogen) atoms. The van der Waals surface area contributed by atoms with Gasteiger partial charge in [-0.05, 0) is 267 Å². The molecule has 0 aliphatic carbocycles. The Kier molecular flexibility index (Phi) is 22.1. The quantitative estimate of drug-likeness (QED) is 0.0860. The van der Waals surface area contributed by atoms with Gasteiger partial charge in [-0.1, -0.05) is 261 Å². The molecule has 3 aliphatic rings. The number of hydrogen-bond acceptors (Lipinski definition) is 13. The van der Waals surface area contributed by atoms with Gasteiger partial charge in [0.25, 0.3) is 0 Å². The third-order valence-electron chi connectivity index (χ3n) is 28.3. The Hall–Kier alpha value is -14.3. The molecule has 7 heterocycles. The highest BCUT2D eigenvalue weighted by Gasteiger charge is 2.54. The van der Waals surface area contributed by atoms with Gasteiger partial charge in [-0.3, -0.25) is 0 Å². The standard InChI is InChI=1S/C42H34BNO3S.C42H36BNO3.C36H32BNO3/c1-41(2)42(3,4)47-43(46-41)28-20-18-27(19-21-28)34-25-31(26-36-32-14-8-10-16-37(32)45-40(34)36)44(29-12-6-5-7-13-29)30-22-23-39-35(24-30)33-15-9-11-17-38(33)48-39;1-41(2)42(3,4)47-43(46-41)32-23-19-31(20-24-32)37-27-35(28-38-36-17-11-12-18-39(36)45-40(37)38)44(33-15-9-6-10-16-33)34-25-21-30(22-26-34)29-13-7-5-8-14-29;1-35(2)36(3,4)41-37(40-35)26-15-13-14-25(22-26)31-23-29(24-32-30-20-11-12-21-33(30)39-34(31)32)38(27-16-7-5-8-17-27)28-18-9-6-10-19-28/h5-26H,1-4H3;5-28H,1-4H3;5-24H,1-4H3. The second-order valence-electron chi connectivity index (χ2n) is 38.6. The van der Waals surface area contributed by atoms with Crippen LogP contribution in [0.3, 0.4) is 0 Å². The fraction of sp³-hybridized carbons (Fsp3) is 0.150. The lowest BCUT2D eigenvalue weighted by molar-refractivity contribution is 0.00578. The highest BCUT2D eigenvalue weighted by molar-refractivity contribution is 7.25. The minimum absolute atomic E-state index is 0.398. The maximum atomic E-state index is 6.60. The Labute approximate surface area is 798 Å². The van der Waals surface area contributed by atoms with Gasteiger partial charge in [0.15, 0.2) is 0 Å². The number of benzene rings is 17. The summed E-state index contributed by atoms with van der Waals surface area (Å²) in [5, 5.41) is 9.05. The largest absolute Gasteiger partial charge is 0.494 e. The van der Waals surface area contributed by atoms with Crippen molar-refractivity contribution in [1.29, 1.82) is 0 Å². The summed E-state index contributed by atoms with van der Waals surface area (Å²) in [6.07, 6.45) is 0. The third-order valence-corrected chi connectivity index (χ3v) is 29.4. The fourth-order valence-electron chi connectivity index (χ4n) is 18.8. The molecule has 0 amide bonds. The summed E-state index contributed by atoms with van der Waals surface area (Å²) in [5.41, 5.74) is 24.1. The van der Waals surface area contributed by atoms with Crippen LogP contribution < -0.4 is 31.1 Å². The van der Waals surface area contributed by atoms with E-state index in [0.717, 1.165) is 167 Å². The van der Waals surface area contributed by atoms with Crippen LogP contribution >= 0.6 is 11.3 Å². The van der Waals surface area contributed by atoms with E-state index in [9.17, 15) is 0 Å². The average Bonchev–Trinajstić information content (AvgIpc) is 1.51. The van der Waals surface area contributed by atoms with Crippen molar-refractivity contribution in [1.82, 2.24) is 0 Å². The van der Waals surface area contributed by atoms with Gasteiger partial charge >= 0.3 is 21.4 Å². The van der Waals surface area contributed by atoms with E-state index in [1.165, 1.54) is 31.3 Å². The van der Waals surface area contributed by atoms with Crippen molar-refractivity contribution in [3.05, 3.63) is 400 Å². The molecule has 4 aromatic heterocycles. The van der Waals surface area contributed by atoms with Crippen molar-refractivity contribution in [3.63, 3.8) is 0 Å². The minimum Gasteiger partial charge on any atom is -0.455 e. The van der Waals surface area contributed by atoms with E-state index in [0.29, 0.717) is 0 Å². The van der Waals surface area contributed by atoms with Gasteiger partial charge < -0.3 is 55.9 Å². The number of hydrogen-bond donors (Lipinski definition) is 0. The molecule has 0 radical (unpaired) electrons. The predicted molar refractivity (Wildman–Crippen MR) is 567 cm³/mol. The van der Waals surface area contributed by atoms with Crippen molar-refractivity contribution in [2.24, 2.45) is 0 Å². The molecule has 0 bridgehead atoms. The van der Waals surface area contributed by atoms with Gasteiger partial charge in [0, 0.05) is 120 Å². The van der Waals surface area contributed by atoms with Gasteiger partial charge in [-0.15, -0.1) is 11.3 Å². The van der Waals surface area contributed by atoms with Crippen LogP contribution in [0.4, 0.5) is 51.2 Å². The van der Waals surface area contributed by atoms with Crippen LogP contribution in [0.15, 0.2) is 414 Å². The summed E-state index contributed by atoms with van der Waals surface area (Å²) in [5.74, 6) is 0. The van der Waals surface area contributed by atoms with Gasteiger partial charge in [0.05, 0.1) is 33.6 Å². The minimum atomic E-state index is -0.445. The number of thiophene rings is 1. The van der Waals surface area contributed by atoms with Crippen molar-refractivity contribution < 1.29 is 41.2 Å². The molecule has 3 saturated heterocycles. The molecule has 0 saturated carbocycles. The predicted octanol–water partition coefficient (Wildman–Crippen LogP) is 31.1. The van der Waals surface area contributed by atoms with Crippen molar-refractivity contribution in [2.75, 3.05) is 14.7 Å². The van der Waals surface area contributed by atoms with E-state index >= 15 is 0 Å². The van der Waals surface area contributed by atoms with E-state index < -0.39 is 55.0 Å². The maximum absolute atomic E-state index is 6.60. The maximum Gasteiger partial charge on any atom is 0.494 e. The van der Waals surface area contributed by atoms with Gasteiger partial charge in [0.1, 0.15) is 33.5 Å². The molecular weight excluding hydrogens is 1690 g/mol. The van der Waals surface area contributed by atoms with E-state index in [-0.39, 0.29) is 0 Å². The lowest BCUT2D eigenvalue weighted by Gasteiger charge is -2.32. The Bertz CT molecular complexity index is 7940. The summed E-state index contributed by atoms with van der Waals surface area (Å²) < 4.78 is 60.5. The van der Waals surface area contributed by atoms with Crippen LogP contribution in [0, 0.1) is 0 Å². The molecule has 0 spiro atoms. The first-order valence-electron chi connectivity index (χ1n) is 46.8. The lowest BCUT2D eigenvalue weighted by Crippen LogP contribution is -2.41. The molecule has 0 N–H and O–H groups in total. The number of nitrogens with zero attached hydrogens (tertiary/aromatic N) is 3. The van der Waals surface area contributed by atoms with Gasteiger partial charge in [-0.25, -0.2) is 0 Å². The van der Waals surface area contributed by atoms with Crippen LogP contribution in [0.1, 0.15) is 83.1 Å². The first-order valence-corrected chi connectivity index (χ1v) is 47.6. The summed E-state index contributed by atoms with van der Waals surface area (Å²) >= 11 is 1.84. The second-order valence-corrected chi connectivity index (χ2v) is 39.7. The zero-order chi connectivity index (χ0) is 93.0. The molecule has 0 atom stereocenters. The molecule has 3 fully saturated rings. The lowest BCUT2D eigenvalue weighted by atomic mass is 9.78. The number of fused-ring (bicyclic) bond motifs is 12. The molecule has 3 aliphatic heterocycles. The zero-order valence-corrected chi connectivity index (χ0v) is 79.1. The van der Waals surface area contributed by atoms with E-state index in [1.807, 2.05) is 65.9 Å². The first kappa shape index (κ1) is 87.1. The molecule has 12 nitrogen and oxygen atoms in total. The summed E-state index contributed by atoms with van der Waals surface area (Å²) in [7, 11) is -1.28. The number of rotatable bonds is 16. The van der Waals surface area contributed by atoms with Crippen LogP contribution in [0.5, 0.6) is 0 Å². The molecule has 666 valence electrons. The topological polar surface area (TPSA) is 105 Å². The summed E-state index contributed by atoms with van der Waals surface area (Å²) in [6.45, 7) is 25.0. The Morgan fingerprint density at radius 1 is 0.191 bits per heavy atom. The monoisotopic (exact) mass is 1790 g/mol. The van der Waals surface area contributed by atoms with Crippen molar-refractivity contribution >= 4 is 186 Å². The third kappa shape index (κ3) is 16.1. The molecule has 16 heteroatoms. The number of para-hydroxylation sites is 7. The van der Waals surface area contributed by atoms with Crippen LogP contribution in [0.2, 0.25) is 0 Å². The van der Waals surface area contributed by atoms with Crippen LogP contribution in [0.25, 0.3) is 130 Å².